The number of carbonyl (C=O) groups excluding carboxylic acids is 1. The Morgan fingerprint density at radius 1 is 1.57 bits per heavy atom. The Kier molecular flexibility index (Phi) is 2.74. The first-order chi connectivity index (χ1) is 6.70. The Morgan fingerprint density at radius 3 is 3.07 bits per heavy atom. The van der Waals surface area contributed by atoms with Crippen molar-refractivity contribution in [2.45, 2.75) is 38.1 Å². The number of aliphatic hydroxyl groups is 1. The van der Waals surface area contributed by atoms with Gasteiger partial charge in [0.1, 0.15) is 0 Å². The molecule has 1 N–H and O–H groups in total. The van der Waals surface area contributed by atoms with Crippen molar-refractivity contribution in [1.29, 1.82) is 0 Å². The second kappa shape index (κ2) is 3.87. The summed E-state index contributed by atoms with van der Waals surface area (Å²) in [5, 5.41) is 9.31. The lowest BCUT2D eigenvalue weighted by atomic mass is 9.90. The van der Waals surface area contributed by atoms with E-state index in [1.807, 2.05) is 0 Å². The lowest BCUT2D eigenvalue weighted by molar-refractivity contribution is -0.142. The molecule has 2 fully saturated rings. The molecule has 0 spiro atoms. The van der Waals surface area contributed by atoms with Crippen molar-refractivity contribution in [2.75, 3.05) is 7.11 Å². The van der Waals surface area contributed by atoms with Gasteiger partial charge in [0.2, 0.25) is 0 Å². The highest BCUT2D eigenvalue weighted by atomic mass is 16.6. The Morgan fingerprint density at radius 2 is 2.36 bits per heavy atom. The Balaban J connectivity index is 1.92. The molecule has 0 bridgehead atoms. The molecule has 2 rings (SSSR count). The fraction of sp³-hybridized carbons (Fsp3) is 0.900. The van der Waals surface area contributed by atoms with E-state index in [2.05, 4.69) is 4.74 Å². The summed E-state index contributed by atoms with van der Waals surface area (Å²) in [6, 6.07) is 0. The number of fused-ring (bicyclic) bond motifs is 1. The molecule has 1 aliphatic heterocycles. The van der Waals surface area contributed by atoms with Gasteiger partial charge in [0.25, 0.3) is 0 Å². The molecule has 80 valence electrons. The first-order valence-corrected chi connectivity index (χ1v) is 5.11. The minimum atomic E-state index is -0.620. The van der Waals surface area contributed by atoms with Crippen LogP contribution in [0.2, 0.25) is 0 Å². The normalized spacial score (nSPS) is 41.0. The van der Waals surface area contributed by atoms with Gasteiger partial charge in [0.15, 0.2) is 6.29 Å². The van der Waals surface area contributed by atoms with Gasteiger partial charge >= 0.3 is 5.97 Å². The second-order valence-corrected chi connectivity index (χ2v) is 4.15. The number of hydrogen-bond acceptors (Lipinski definition) is 4. The molecule has 1 saturated carbocycles. The molecule has 1 heterocycles. The number of hydrogen-bond donors (Lipinski definition) is 1. The first kappa shape index (κ1) is 9.93. The Bertz CT molecular complexity index is 228. The van der Waals surface area contributed by atoms with Crippen LogP contribution in [0.5, 0.6) is 0 Å². The predicted molar refractivity (Wildman–Crippen MR) is 48.3 cm³/mol. The Labute approximate surface area is 83.2 Å². The smallest absolute Gasteiger partial charge is 0.305 e. The number of methoxy groups -OCH3 is 1. The summed E-state index contributed by atoms with van der Waals surface area (Å²) < 4.78 is 9.98. The Hall–Kier alpha value is -0.610. The van der Waals surface area contributed by atoms with Crippen LogP contribution in [-0.2, 0) is 14.3 Å². The summed E-state index contributed by atoms with van der Waals surface area (Å²) in [4.78, 5) is 11.1. The maximum Gasteiger partial charge on any atom is 0.305 e. The molecule has 0 radical (unpaired) electrons. The maximum atomic E-state index is 11.1. The van der Waals surface area contributed by atoms with Gasteiger partial charge in [-0.05, 0) is 24.7 Å². The summed E-state index contributed by atoms with van der Waals surface area (Å²) in [6.07, 6.45) is 2.66. The molecule has 0 unspecified atom stereocenters. The van der Waals surface area contributed by atoms with Gasteiger partial charge in [-0.2, -0.15) is 0 Å². The number of ether oxygens (including phenoxy) is 2. The van der Waals surface area contributed by atoms with Gasteiger partial charge in [0, 0.05) is 12.8 Å². The highest BCUT2D eigenvalue weighted by Crippen LogP contribution is 2.43. The van der Waals surface area contributed by atoms with E-state index in [9.17, 15) is 9.90 Å². The van der Waals surface area contributed by atoms with Crippen LogP contribution in [-0.4, -0.2) is 30.6 Å². The fourth-order valence-corrected chi connectivity index (χ4v) is 2.66. The average Bonchev–Trinajstić information content (AvgIpc) is 2.67. The molecule has 4 atom stereocenters. The van der Waals surface area contributed by atoms with E-state index < -0.39 is 6.29 Å². The van der Waals surface area contributed by atoms with Gasteiger partial charge in [-0.25, -0.2) is 0 Å². The van der Waals surface area contributed by atoms with Crippen LogP contribution in [0.25, 0.3) is 0 Å². The zero-order chi connectivity index (χ0) is 10.1. The van der Waals surface area contributed by atoms with Crippen molar-refractivity contribution in [2.24, 2.45) is 11.8 Å². The van der Waals surface area contributed by atoms with Crippen molar-refractivity contribution in [1.82, 2.24) is 0 Å². The monoisotopic (exact) mass is 200 g/mol. The van der Waals surface area contributed by atoms with Gasteiger partial charge in [-0.15, -0.1) is 0 Å². The van der Waals surface area contributed by atoms with Gasteiger partial charge in [-0.3, -0.25) is 4.79 Å². The van der Waals surface area contributed by atoms with Crippen LogP contribution < -0.4 is 0 Å². The van der Waals surface area contributed by atoms with Crippen LogP contribution in [0, 0.1) is 11.8 Å². The average molecular weight is 200 g/mol. The topological polar surface area (TPSA) is 55.8 Å². The summed E-state index contributed by atoms with van der Waals surface area (Å²) >= 11 is 0. The van der Waals surface area contributed by atoms with E-state index in [1.165, 1.54) is 7.11 Å². The summed E-state index contributed by atoms with van der Waals surface area (Å²) in [5.41, 5.74) is 0. The molecule has 2 aliphatic rings. The van der Waals surface area contributed by atoms with Gasteiger partial charge < -0.3 is 14.6 Å². The first-order valence-electron chi connectivity index (χ1n) is 5.11. The molecule has 0 aromatic rings. The summed E-state index contributed by atoms with van der Waals surface area (Å²) in [6.45, 7) is 0. The third-order valence-electron chi connectivity index (χ3n) is 3.37. The highest BCUT2D eigenvalue weighted by molar-refractivity contribution is 5.69. The van der Waals surface area contributed by atoms with Crippen molar-refractivity contribution < 1.29 is 19.4 Å². The lowest BCUT2D eigenvalue weighted by Crippen LogP contribution is -2.17. The SMILES string of the molecule is COC(=O)C[C@@H]1CC[C@@H]2O[C@@H](O)C[C@H]12. The van der Waals surface area contributed by atoms with E-state index in [-0.39, 0.29) is 12.1 Å². The number of carbonyl (C=O) groups is 1. The molecule has 1 saturated heterocycles. The standard InChI is InChI=1S/C10H16O4/c1-13-9(11)4-6-2-3-8-7(6)5-10(12)14-8/h6-8,10,12H,2-5H2,1H3/t6-,7+,8-,10+/m0/s1. The molecule has 0 aromatic carbocycles. The minimum absolute atomic E-state index is 0.156. The minimum Gasteiger partial charge on any atom is -0.469 e. The molecular weight excluding hydrogens is 184 g/mol. The van der Waals surface area contributed by atoms with E-state index in [4.69, 9.17) is 4.74 Å². The quantitative estimate of drug-likeness (QED) is 0.666. The molecule has 4 heteroatoms. The molecule has 0 aromatic heterocycles. The van der Waals surface area contributed by atoms with Gasteiger partial charge in [0.05, 0.1) is 13.2 Å². The molecule has 1 aliphatic carbocycles. The van der Waals surface area contributed by atoms with Crippen molar-refractivity contribution in [3.8, 4) is 0 Å². The number of aliphatic hydroxyl groups excluding tert-OH is 1. The van der Waals surface area contributed by atoms with E-state index in [0.717, 1.165) is 12.8 Å². The van der Waals surface area contributed by atoms with Crippen LogP contribution in [0.15, 0.2) is 0 Å². The van der Waals surface area contributed by atoms with E-state index >= 15 is 0 Å². The van der Waals surface area contributed by atoms with Crippen LogP contribution >= 0.6 is 0 Å². The van der Waals surface area contributed by atoms with E-state index in [0.29, 0.717) is 24.7 Å². The molecule has 14 heavy (non-hydrogen) atoms. The van der Waals surface area contributed by atoms with Crippen LogP contribution in [0.1, 0.15) is 25.7 Å². The number of esters is 1. The lowest BCUT2D eigenvalue weighted by Gasteiger charge is -2.15. The van der Waals surface area contributed by atoms with Crippen molar-refractivity contribution in [3.63, 3.8) is 0 Å². The van der Waals surface area contributed by atoms with Crippen LogP contribution in [0.3, 0.4) is 0 Å². The van der Waals surface area contributed by atoms with Crippen LogP contribution in [0.4, 0.5) is 0 Å². The highest BCUT2D eigenvalue weighted by Gasteiger charge is 2.44. The second-order valence-electron chi connectivity index (χ2n) is 4.15. The summed E-state index contributed by atoms with van der Waals surface area (Å²) in [5.74, 6) is 0.533. The molecule has 0 amide bonds. The van der Waals surface area contributed by atoms with Crippen molar-refractivity contribution >= 4 is 5.97 Å². The zero-order valence-corrected chi connectivity index (χ0v) is 8.31. The third-order valence-corrected chi connectivity index (χ3v) is 3.37. The fourth-order valence-electron chi connectivity index (χ4n) is 2.66. The van der Waals surface area contributed by atoms with E-state index in [1.54, 1.807) is 0 Å². The molecular formula is C10H16O4. The largest absolute Gasteiger partial charge is 0.469 e. The molecule has 4 nitrogen and oxygen atoms in total. The third kappa shape index (κ3) is 1.77. The summed E-state index contributed by atoms with van der Waals surface area (Å²) in [7, 11) is 1.41. The predicted octanol–water partition coefficient (Wildman–Crippen LogP) is 0.683. The van der Waals surface area contributed by atoms with Crippen molar-refractivity contribution in [3.05, 3.63) is 0 Å². The maximum absolute atomic E-state index is 11.1. The van der Waals surface area contributed by atoms with Gasteiger partial charge in [-0.1, -0.05) is 0 Å². The zero-order valence-electron chi connectivity index (χ0n) is 8.31. The number of rotatable bonds is 2.